The van der Waals surface area contributed by atoms with Crippen molar-refractivity contribution in [3.05, 3.63) is 45.8 Å². The van der Waals surface area contributed by atoms with Crippen molar-refractivity contribution in [3.63, 3.8) is 0 Å². The fourth-order valence-electron chi connectivity index (χ4n) is 3.20. The molecule has 0 bridgehead atoms. The normalized spacial score (nSPS) is 16.9. The lowest BCUT2D eigenvalue weighted by Crippen LogP contribution is -2.41. The molecule has 0 aromatic carbocycles. The van der Waals surface area contributed by atoms with Gasteiger partial charge in [0, 0.05) is 38.6 Å². The van der Waals surface area contributed by atoms with Crippen LogP contribution in [0.4, 0.5) is 5.82 Å². The smallest absolute Gasteiger partial charge is 0.191 e. The summed E-state index contributed by atoms with van der Waals surface area (Å²) in [6, 6.07) is 5.96. The number of rotatable bonds is 6. The first-order valence-electron chi connectivity index (χ1n) is 9.81. The Balaban J connectivity index is 0.00000320. The largest absolute Gasteiger partial charge is 0.375 e. The average Bonchev–Trinajstić information content (AvgIpc) is 2.97. The lowest BCUT2D eigenvalue weighted by atomic mass is 10.2. The number of pyridine rings is 1. The molecular formula is C20H29Cl2IN6O. The van der Waals surface area contributed by atoms with Crippen molar-refractivity contribution in [2.45, 2.75) is 33.0 Å². The van der Waals surface area contributed by atoms with E-state index < -0.39 is 0 Å². The molecule has 0 spiro atoms. The molecule has 1 saturated heterocycles. The van der Waals surface area contributed by atoms with Gasteiger partial charge in [-0.15, -0.1) is 24.0 Å². The number of guanidine groups is 1. The molecule has 1 atom stereocenters. The molecule has 30 heavy (non-hydrogen) atoms. The van der Waals surface area contributed by atoms with Gasteiger partial charge in [0.25, 0.3) is 0 Å². The molecule has 2 N–H and O–H groups in total. The van der Waals surface area contributed by atoms with Crippen molar-refractivity contribution in [3.8, 4) is 0 Å². The summed E-state index contributed by atoms with van der Waals surface area (Å²) in [5.74, 6) is 1.71. The Kier molecular flexibility index (Phi) is 9.99. The van der Waals surface area contributed by atoms with Gasteiger partial charge in [0.1, 0.15) is 11.0 Å². The monoisotopic (exact) mass is 566 g/mol. The van der Waals surface area contributed by atoms with Crippen molar-refractivity contribution in [1.29, 1.82) is 0 Å². The van der Waals surface area contributed by atoms with E-state index in [0.717, 1.165) is 49.3 Å². The van der Waals surface area contributed by atoms with Crippen LogP contribution in [0, 0.1) is 0 Å². The molecule has 0 amide bonds. The first-order valence-corrected chi connectivity index (χ1v) is 10.6. The van der Waals surface area contributed by atoms with Crippen LogP contribution in [0.15, 0.2) is 29.4 Å². The van der Waals surface area contributed by atoms with Crippen LogP contribution < -0.4 is 15.5 Å². The number of anilines is 1. The number of ether oxygens (including phenoxy) is 1. The third kappa shape index (κ3) is 6.63. The second-order valence-corrected chi connectivity index (χ2v) is 7.80. The van der Waals surface area contributed by atoms with E-state index in [-0.39, 0.29) is 30.1 Å². The second kappa shape index (κ2) is 12.0. The van der Waals surface area contributed by atoms with Crippen LogP contribution in [-0.2, 0) is 24.9 Å². The van der Waals surface area contributed by atoms with Crippen molar-refractivity contribution in [1.82, 2.24) is 20.2 Å². The van der Waals surface area contributed by atoms with Crippen molar-refractivity contribution in [2.75, 3.05) is 31.1 Å². The predicted octanol–water partition coefficient (Wildman–Crippen LogP) is 3.83. The van der Waals surface area contributed by atoms with E-state index in [1.807, 2.05) is 36.9 Å². The van der Waals surface area contributed by atoms with Crippen LogP contribution in [0.25, 0.3) is 0 Å². The highest BCUT2D eigenvalue weighted by Gasteiger charge is 2.18. The molecule has 1 unspecified atom stereocenters. The summed E-state index contributed by atoms with van der Waals surface area (Å²) in [6.45, 7) is 8.46. The van der Waals surface area contributed by atoms with Gasteiger partial charge in [-0.1, -0.05) is 23.2 Å². The van der Waals surface area contributed by atoms with Crippen LogP contribution >= 0.6 is 47.2 Å². The number of aliphatic imine (C=N–C) groups is 1. The maximum absolute atomic E-state index is 6.14. The quantitative estimate of drug-likeness (QED) is 0.316. The Morgan fingerprint density at radius 1 is 1.33 bits per heavy atom. The Labute approximate surface area is 205 Å². The summed E-state index contributed by atoms with van der Waals surface area (Å²) in [6.07, 6.45) is 2.06. The summed E-state index contributed by atoms with van der Waals surface area (Å²) in [5, 5.41) is 7.68. The predicted molar refractivity (Wildman–Crippen MR) is 134 cm³/mol. The first-order chi connectivity index (χ1) is 14.0. The molecule has 3 heterocycles. The third-order valence-corrected chi connectivity index (χ3v) is 5.63. The zero-order valence-corrected chi connectivity index (χ0v) is 21.3. The van der Waals surface area contributed by atoms with Gasteiger partial charge in [-0.05, 0) is 37.6 Å². The molecule has 1 aliphatic rings. The molecule has 2 aromatic rings. The fourth-order valence-corrected chi connectivity index (χ4v) is 3.62. The summed E-state index contributed by atoms with van der Waals surface area (Å²) in [5.41, 5.74) is 2.09. The highest BCUT2D eigenvalue weighted by Crippen LogP contribution is 2.25. The summed E-state index contributed by atoms with van der Waals surface area (Å²) in [4.78, 5) is 11.5. The number of nitrogens with zero attached hydrogens (tertiary/aromatic N) is 4. The highest BCUT2D eigenvalue weighted by atomic mass is 127. The van der Waals surface area contributed by atoms with Gasteiger partial charge in [0.15, 0.2) is 5.96 Å². The molecule has 1 aliphatic heterocycles. The lowest BCUT2D eigenvalue weighted by molar-refractivity contribution is 0.0529. The Morgan fingerprint density at radius 2 is 2.13 bits per heavy atom. The minimum absolute atomic E-state index is 0. The van der Waals surface area contributed by atoms with E-state index in [0.29, 0.717) is 23.3 Å². The minimum Gasteiger partial charge on any atom is -0.375 e. The first kappa shape index (κ1) is 25.0. The zero-order valence-electron chi connectivity index (χ0n) is 17.5. The minimum atomic E-state index is 0. The molecule has 2 aromatic heterocycles. The van der Waals surface area contributed by atoms with Crippen LogP contribution in [-0.4, -0.2) is 47.9 Å². The number of halogens is 3. The van der Waals surface area contributed by atoms with Crippen molar-refractivity contribution < 1.29 is 4.74 Å². The van der Waals surface area contributed by atoms with Crippen molar-refractivity contribution >= 4 is 59.0 Å². The van der Waals surface area contributed by atoms with E-state index in [4.69, 9.17) is 32.9 Å². The molecule has 0 saturated carbocycles. The number of morpholine rings is 1. The van der Waals surface area contributed by atoms with Crippen LogP contribution in [0.2, 0.25) is 10.2 Å². The number of nitrogens with one attached hydrogen (secondary N) is 2. The fraction of sp³-hybridized carbons (Fsp3) is 0.500. The maximum Gasteiger partial charge on any atom is 0.191 e. The van der Waals surface area contributed by atoms with E-state index in [9.17, 15) is 0 Å². The standard InChI is InChI=1S/C20H28Cl2N6O.HI/c1-4-23-20(26-12-16-10-17(21)19(22)27(16)3)25-11-15-5-6-24-18(9-15)28-7-8-29-14(2)13-28;/h5-6,9-10,14H,4,7-8,11-13H2,1-3H3,(H2,23,25,26);1H. The summed E-state index contributed by atoms with van der Waals surface area (Å²) < 4.78 is 7.48. The summed E-state index contributed by atoms with van der Waals surface area (Å²) in [7, 11) is 1.89. The number of hydrogen-bond acceptors (Lipinski definition) is 4. The maximum atomic E-state index is 6.14. The van der Waals surface area contributed by atoms with Gasteiger partial charge in [-0.3, -0.25) is 0 Å². The summed E-state index contributed by atoms with van der Waals surface area (Å²) >= 11 is 12.2. The van der Waals surface area contributed by atoms with Crippen LogP contribution in [0.5, 0.6) is 0 Å². The van der Waals surface area contributed by atoms with E-state index in [1.165, 1.54) is 0 Å². The van der Waals surface area contributed by atoms with Gasteiger partial charge >= 0.3 is 0 Å². The molecule has 0 aliphatic carbocycles. The Bertz CT molecular complexity index is 860. The molecule has 0 radical (unpaired) electrons. The Morgan fingerprint density at radius 3 is 2.80 bits per heavy atom. The molecule has 166 valence electrons. The SMILES string of the molecule is CCNC(=NCc1ccnc(N2CCOC(C)C2)c1)NCc1cc(Cl)c(Cl)n1C.I. The van der Waals surface area contributed by atoms with Gasteiger partial charge in [0.05, 0.1) is 30.8 Å². The van der Waals surface area contributed by atoms with E-state index in [2.05, 4.69) is 33.5 Å². The molecule has 10 heteroatoms. The average molecular weight is 567 g/mol. The van der Waals surface area contributed by atoms with Crippen molar-refractivity contribution in [2.24, 2.45) is 12.0 Å². The molecular weight excluding hydrogens is 538 g/mol. The Hall–Kier alpha value is -1.23. The highest BCUT2D eigenvalue weighted by molar-refractivity contribution is 14.0. The van der Waals surface area contributed by atoms with Crippen LogP contribution in [0.3, 0.4) is 0 Å². The van der Waals surface area contributed by atoms with Gasteiger partial charge in [-0.2, -0.15) is 0 Å². The lowest BCUT2D eigenvalue weighted by Gasteiger charge is -2.32. The topological polar surface area (TPSA) is 66.7 Å². The second-order valence-electron chi connectivity index (χ2n) is 7.03. The zero-order chi connectivity index (χ0) is 20.8. The van der Waals surface area contributed by atoms with Gasteiger partial charge in [0.2, 0.25) is 0 Å². The third-order valence-electron chi connectivity index (χ3n) is 4.79. The van der Waals surface area contributed by atoms with Crippen LogP contribution in [0.1, 0.15) is 25.1 Å². The number of hydrogen-bond donors (Lipinski definition) is 2. The van der Waals surface area contributed by atoms with E-state index >= 15 is 0 Å². The molecule has 3 rings (SSSR count). The molecule has 7 nitrogen and oxygen atoms in total. The van der Waals surface area contributed by atoms with Gasteiger partial charge in [-0.25, -0.2) is 9.98 Å². The van der Waals surface area contributed by atoms with E-state index in [1.54, 1.807) is 0 Å². The van der Waals surface area contributed by atoms with Gasteiger partial charge < -0.3 is 24.8 Å². The molecule has 1 fully saturated rings. The number of aromatic nitrogens is 2.